The molecule has 0 aliphatic heterocycles. The molecular weight excluding hydrogens is 747 g/mol. The highest BCUT2D eigenvalue weighted by molar-refractivity contribution is 6.00. The molecule has 0 heterocycles. The molecule has 10 aromatic carbocycles. The zero-order valence-electron chi connectivity index (χ0n) is 34.3. The fraction of sp³-hybridized carbons (Fsp3) is 0.0164. The van der Waals surface area contributed by atoms with E-state index in [1.54, 1.807) is 0 Å². The van der Waals surface area contributed by atoms with Crippen molar-refractivity contribution < 1.29 is 0 Å². The van der Waals surface area contributed by atoms with Gasteiger partial charge in [0.1, 0.15) is 0 Å². The van der Waals surface area contributed by atoms with Gasteiger partial charge in [-0.2, -0.15) is 0 Å². The summed E-state index contributed by atoms with van der Waals surface area (Å²) in [6.07, 6.45) is 0. The lowest BCUT2D eigenvalue weighted by Gasteiger charge is -2.35. The topological polar surface area (TPSA) is 3.24 Å². The summed E-state index contributed by atoms with van der Waals surface area (Å²) >= 11 is 0. The SMILES string of the molecule is c1ccc(-c2ccccc2-c2c(-c3ccccc3)cccc2-c2cccc(N(c3ccccc3)c3ccc4c(c3)C(c3ccccc3)(c3ccccc3)c3ccccc3-4)c2)cc1. The molecule has 0 saturated carbocycles. The number of benzene rings is 10. The average Bonchev–Trinajstić information content (AvgIpc) is 3.66. The number of anilines is 3. The number of nitrogens with zero attached hydrogens (tertiary/aromatic N) is 1. The van der Waals surface area contributed by atoms with Gasteiger partial charge in [-0.05, 0) is 114 Å². The molecule has 10 aromatic rings. The minimum Gasteiger partial charge on any atom is -0.310 e. The summed E-state index contributed by atoms with van der Waals surface area (Å²) < 4.78 is 0. The number of fused-ring (bicyclic) bond motifs is 3. The second-order valence-electron chi connectivity index (χ2n) is 16.0. The normalized spacial score (nSPS) is 12.3. The molecule has 0 saturated heterocycles. The summed E-state index contributed by atoms with van der Waals surface area (Å²) in [6.45, 7) is 0. The summed E-state index contributed by atoms with van der Waals surface area (Å²) in [6, 6.07) is 95.2. The van der Waals surface area contributed by atoms with Crippen LogP contribution in [0.1, 0.15) is 22.3 Å². The molecule has 0 fully saturated rings. The first-order valence-electron chi connectivity index (χ1n) is 21.4. The van der Waals surface area contributed by atoms with E-state index in [-0.39, 0.29) is 0 Å². The number of para-hydroxylation sites is 1. The predicted octanol–water partition coefficient (Wildman–Crippen LogP) is 16.2. The van der Waals surface area contributed by atoms with E-state index in [2.05, 4.69) is 266 Å². The largest absolute Gasteiger partial charge is 0.310 e. The van der Waals surface area contributed by atoms with Crippen LogP contribution >= 0.6 is 0 Å². The Hall–Kier alpha value is -8.00. The highest BCUT2D eigenvalue weighted by Gasteiger charge is 2.46. The molecule has 0 spiro atoms. The van der Waals surface area contributed by atoms with Crippen molar-refractivity contribution in [2.45, 2.75) is 5.41 Å². The van der Waals surface area contributed by atoms with Crippen LogP contribution in [0.3, 0.4) is 0 Å². The lowest BCUT2D eigenvalue weighted by molar-refractivity contribution is 0.768. The molecule has 0 unspecified atom stereocenters. The number of hydrogen-bond donors (Lipinski definition) is 0. The second-order valence-corrected chi connectivity index (χ2v) is 16.0. The van der Waals surface area contributed by atoms with Crippen LogP contribution in [0.15, 0.2) is 261 Å². The molecule has 11 rings (SSSR count). The Morgan fingerprint density at radius 1 is 0.242 bits per heavy atom. The van der Waals surface area contributed by atoms with E-state index in [1.165, 1.54) is 72.3 Å². The Kier molecular flexibility index (Phi) is 9.48. The van der Waals surface area contributed by atoms with Gasteiger partial charge >= 0.3 is 0 Å². The molecule has 1 aliphatic rings. The molecule has 1 aliphatic carbocycles. The van der Waals surface area contributed by atoms with Crippen LogP contribution < -0.4 is 4.90 Å². The van der Waals surface area contributed by atoms with Crippen LogP contribution in [-0.4, -0.2) is 0 Å². The zero-order valence-corrected chi connectivity index (χ0v) is 34.3. The molecule has 0 aromatic heterocycles. The van der Waals surface area contributed by atoms with Crippen molar-refractivity contribution in [2.24, 2.45) is 0 Å². The summed E-state index contributed by atoms with van der Waals surface area (Å²) in [5, 5.41) is 0. The van der Waals surface area contributed by atoms with Crippen molar-refractivity contribution in [3.05, 3.63) is 283 Å². The summed E-state index contributed by atoms with van der Waals surface area (Å²) in [5.74, 6) is 0. The maximum Gasteiger partial charge on any atom is 0.0714 e. The fourth-order valence-electron chi connectivity index (χ4n) is 9.92. The molecule has 1 heteroatoms. The maximum absolute atomic E-state index is 2.45. The first kappa shape index (κ1) is 37.0. The first-order chi connectivity index (χ1) is 30.8. The molecule has 0 bridgehead atoms. The minimum atomic E-state index is -0.506. The smallest absolute Gasteiger partial charge is 0.0714 e. The Morgan fingerprint density at radius 2 is 0.661 bits per heavy atom. The van der Waals surface area contributed by atoms with Gasteiger partial charge in [0.15, 0.2) is 0 Å². The molecule has 0 N–H and O–H groups in total. The van der Waals surface area contributed by atoms with Gasteiger partial charge in [-0.3, -0.25) is 0 Å². The number of rotatable bonds is 9. The van der Waals surface area contributed by atoms with Crippen molar-refractivity contribution in [3.63, 3.8) is 0 Å². The Balaban J connectivity index is 1.13. The fourth-order valence-corrected chi connectivity index (χ4v) is 9.92. The third kappa shape index (κ3) is 6.26. The van der Waals surface area contributed by atoms with E-state index in [1.807, 2.05) is 0 Å². The predicted molar refractivity (Wildman–Crippen MR) is 260 cm³/mol. The van der Waals surface area contributed by atoms with Gasteiger partial charge in [-0.25, -0.2) is 0 Å². The van der Waals surface area contributed by atoms with E-state index >= 15 is 0 Å². The molecular formula is C61H43N. The third-order valence-electron chi connectivity index (χ3n) is 12.6. The molecule has 292 valence electrons. The van der Waals surface area contributed by atoms with Crippen LogP contribution in [0.2, 0.25) is 0 Å². The van der Waals surface area contributed by atoms with Crippen molar-refractivity contribution in [1.82, 2.24) is 0 Å². The van der Waals surface area contributed by atoms with Crippen LogP contribution in [0, 0.1) is 0 Å². The molecule has 0 radical (unpaired) electrons. The minimum absolute atomic E-state index is 0.506. The molecule has 1 nitrogen and oxygen atoms in total. The van der Waals surface area contributed by atoms with Gasteiger partial charge in [0, 0.05) is 17.1 Å². The number of hydrogen-bond acceptors (Lipinski definition) is 1. The lowest BCUT2D eigenvalue weighted by atomic mass is 9.67. The molecule has 62 heavy (non-hydrogen) atoms. The van der Waals surface area contributed by atoms with Gasteiger partial charge in [0.2, 0.25) is 0 Å². The van der Waals surface area contributed by atoms with Gasteiger partial charge in [-0.15, -0.1) is 0 Å². The summed E-state index contributed by atoms with van der Waals surface area (Å²) in [5.41, 5.74) is 19.9. The van der Waals surface area contributed by atoms with Crippen LogP contribution in [0.5, 0.6) is 0 Å². The third-order valence-corrected chi connectivity index (χ3v) is 12.6. The van der Waals surface area contributed by atoms with E-state index in [0.717, 1.165) is 22.6 Å². The Morgan fingerprint density at radius 3 is 1.31 bits per heavy atom. The van der Waals surface area contributed by atoms with Crippen molar-refractivity contribution in [2.75, 3.05) is 4.90 Å². The zero-order chi connectivity index (χ0) is 41.3. The van der Waals surface area contributed by atoms with Gasteiger partial charge in [0.25, 0.3) is 0 Å². The van der Waals surface area contributed by atoms with Crippen LogP contribution in [0.4, 0.5) is 17.1 Å². The quantitative estimate of drug-likeness (QED) is 0.141. The van der Waals surface area contributed by atoms with Gasteiger partial charge < -0.3 is 4.90 Å². The Labute approximate surface area is 364 Å². The van der Waals surface area contributed by atoms with Crippen molar-refractivity contribution in [1.29, 1.82) is 0 Å². The summed E-state index contributed by atoms with van der Waals surface area (Å²) in [4.78, 5) is 2.42. The highest BCUT2D eigenvalue weighted by Crippen LogP contribution is 2.57. The maximum atomic E-state index is 2.45. The molecule has 0 amide bonds. The van der Waals surface area contributed by atoms with Crippen molar-refractivity contribution in [3.8, 4) is 55.6 Å². The van der Waals surface area contributed by atoms with Gasteiger partial charge in [-0.1, -0.05) is 224 Å². The van der Waals surface area contributed by atoms with Crippen LogP contribution in [-0.2, 0) is 5.41 Å². The van der Waals surface area contributed by atoms with Crippen LogP contribution in [0.25, 0.3) is 55.6 Å². The Bertz CT molecular complexity index is 3120. The standard InChI is InChI=1S/C61H43N/c1-6-22-44(23-7-1)52-34-16-17-36-57(52)60-53(45-24-8-2-9-25-45)37-21-38-54(60)46-26-20-33-50(42-46)62(49-31-14-5-15-32-49)51-40-41-56-55-35-18-19-39-58(55)61(59(56)43-51,47-27-10-3-11-28-47)48-29-12-4-13-30-48/h1-43H. The second kappa shape index (κ2) is 15.9. The van der Waals surface area contributed by atoms with E-state index in [9.17, 15) is 0 Å². The van der Waals surface area contributed by atoms with E-state index in [4.69, 9.17) is 0 Å². The van der Waals surface area contributed by atoms with E-state index in [0.29, 0.717) is 0 Å². The van der Waals surface area contributed by atoms with Crippen molar-refractivity contribution >= 4 is 17.1 Å². The average molecular weight is 790 g/mol. The lowest BCUT2D eigenvalue weighted by Crippen LogP contribution is -2.28. The monoisotopic (exact) mass is 789 g/mol. The van der Waals surface area contributed by atoms with E-state index < -0.39 is 5.41 Å². The first-order valence-corrected chi connectivity index (χ1v) is 21.4. The molecule has 0 atom stereocenters. The highest BCUT2D eigenvalue weighted by atomic mass is 15.1. The van der Waals surface area contributed by atoms with Gasteiger partial charge in [0.05, 0.1) is 5.41 Å². The summed E-state index contributed by atoms with van der Waals surface area (Å²) in [7, 11) is 0.